The zero-order chi connectivity index (χ0) is 12.8. The molecule has 0 fully saturated rings. The fourth-order valence-corrected chi connectivity index (χ4v) is 1.40. The number of aromatic nitrogens is 1. The van der Waals surface area contributed by atoms with Crippen molar-refractivity contribution in [3.05, 3.63) is 22.8 Å². The number of nitrogens with zero attached hydrogens (tertiary/aromatic N) is 2. The Balaban J connectivity index is 2.54. The maximum atomic E-state index is 10.8. The molecular weight excluding hydrogens is 244 g/mol. The minimum absolute atomic E-state index is 0.00396. The van der Waals surface area contributed by atoms with Crippen molar-refractivity contribution in [3.8, 4) is 5.88 Å². The highest BCUT2D eigenvalue weighted by atomic mass is 35.5. The second kappa shape index (κ2) is 6.42. The largest absolute Gasteiger partial charge is 0.478 e. The van der Waals surface area contributed by atoms with Crippen LogP contribution in [-0.4, -0.2) is 48.2 Å². The number of ether oxygens (including phenoxy) is 1. The lowest BCUT2D eigenvalue weighted by molar-refractivity contribution is 0.0696. The summed E-state index contributed by atoms with van der Waals surface area (Å²) in [5.74, 6) is -0.805. The van der Waals surface area contributed by atoms with E-state index in [0.29, 0.717) is 6.61 Å². The van der Waals surface area contributed by atoms with E-state index in [-0.39, 0.29) is 16.5 Å². The van der Waals surface area contributed by atoms with E-state index in [0.717, 1.165) is 13.0 Å². The van der Waals surface area contributed by atoms with Crippen molar-refractivity contribution in [2.24, 2.45) is 0 Å². The number of carboxylic acids is 1. The monoisotopic (exact) mass is 258 g/mol. The topological polar surface area (TPSA) is 62.7 Å². The van der Waals surface area contributed by atoms with Crippen molar-refractivity contribution >= 4 is 17.6 Å². The van der Waals surface area contributed by atoms with Crippen LogP contribution in [-0.2, 0) is 0 Å². The molecule has 0 bridgehead atoms. The average molecular weight is 259 g/mol. The molecule has 0 aliphatic heterocycles. The van der Waals surface area contributed by atoms with E-state index in [4.69, 9.17) is 21.4 Å². The van der Waals surface area contributed by atoms with E-state index >= 15 is 0 Å². The van der Waals surface area contributed by atoms with Crippen LogP contribution in [0.1, 0.15) is 16.8 Å². The number of carboxylic acid groups (broad SMARTS) is 1. The quantitative estimate of drug-likeness (QED) is 0.788. The van der Waals surface area contributed by atoms with Gasteiger partial charge in [0.2, 0.25) is 5.88 Å². The summed E-state index contributed by atoms with van der Waals surface area (Å²) < 4.78 is 5.34. The molecule has 5 nitrogen and oxygen atoms in total. The molecule has 1 aromatic rings. The predicted molar refractivity (Wildman–Crippen MR) is 64.9 cm³/mol. The van der Waals surface area contributed by atoms with E-state index in [2.05, 4.69) is 4.98 Å². The molecule has 0 aliphatic rings. The van der Waals surface area contributed by atoms with Gasteiger partial charge >= 0.3 is 5.97 Å². The van der Waals surface area contributed by atoms with Gasteiger partial charge in [-0.25, -0.2) is 9.78 Å². The summed E-state index contributed by atoms with van der Waals surface area (Å²) in [4.78, 5) is 16.8. The first-order valence-electron chi connectivity index (χ1n) is 5.17. The van der Waals surface area contributed by atoms with Crippen molar-refractivity contribution in [3.63, 3.8) is 0 Å². The molecule has 94 valence electrons. The molecular formula is C11H15ClN2O3. The zero-order valence-electron chi connectivity index (χ0n) is 9.81. The molecule has 0 saturated heterocycles. The van der Waals surface area contributed by atoms with Crippen molar-refractivity contribution in [1.29, 1.82) is 0 Å². The molecule has 0 amide bonds. The Bertz CT molecular complexity index is 396. The summed E-state index contributed by atoms with van der Waals surface area (Å²) >= 11 is 5.69. The second-order valence-corrected chi connectivity index (χ2v) is 4.22. The summed E-state index contributed by atoms with van der Waals surface area (Å²) in [6.45, 7) is 1.39. The van der Waals surface area contributed by atoms with Crippen molar-refractivity contribution in [2.75, 3.05) is 27.2 Å². The van der Waals surface area contributed by atoms with Gasteiger partial charge in [-0.1, -0.05) is 11.6 Å². The molecule has 1 heterocycles. The molecule has 0 aromatic carbocycles. The van der Waals surface area contributed by atoms with E-state index in [9.17, 15) is 4.79 Å². The van der Waals surface area contributed by atoms with E-state index in [1.54, 1.807) is 0 Å². The van der Waals surface area contributed by atoms with Gasteiger partial charge in [0.15, 0.2) is 0 Å². The molecule has 6 heteroatoms. The van der Waals surface area contributed by atoms with Gasteiger partial charge in [-0.2, -0.15) is 0 Å². The van der Waals surface area contributed by atoms with Crippen LogP contribution in [0.25, 0.3) is 0 Å². The van der Waals surface area contributed by atoms with Crippen molar-refractivity contribution in [1.82, 2.24) is 9.88 Å². The number of hydrogen-bond acceptors (Lipinski definition) is 4. The van der Waals surface area contributed by atoms with Gasteiger partial charge < -0.3 is 14.7 Å². The third-order valence-electron chi connectivity index (χ3n) is 2.06. The van der Waals surface area contributed by atoms with Crippen molar-refractivity contribution < 1.29 is 14.6 Å². The number of hydrogen-bond donors (Lipinski definition) is 1. The summed E-state index contributed by atoms with van der Waals surface area (Å²) in [7, 11) is 3.95. The van der Waals surface area contributed by atoms with Crippen LogP contribution in [0.15, 0.2) is 12.3 Å². The zero-order valence-corrected chi connectivity index (χ0v) is 10.6. The third kappa shape index (κ3) is 4.58. The SMILES string of the molecule is CN(C)CCCOc1cc(C(=O)O)c(Cl)cn1. The fraction of sp³-hybridized carbons (Fsp3) is 0.455. The Morgan fingerprint density at radius 3 is 2.88 bits per heavy atom. The number of halogens is 1. The van der Waals surface area contributed by atoms with Crippen LogP contribution in [0.2, 0.25) is 5.02 Å². The molecule has 0 radical (unpaired) electrons. The number of aromatic carboxylic acids is 1. The normalized spacial score (nSPS) is 10.6. The molecule has 17 heavy (non-hydrogen) atoms. The van der Waals surface area contributed by atoms with E-state index in [1.165, 1.54) is 12.3 Å². The van der Waals surface area contributed by atoms with E-state index < -0.39 is 5.97 Å². The van der Waals surface area contributed by atoms with Gasteiger partial charge in [0.05, 0.1) is 23.4 Å². The first-order chi connectivity index (χ1) is 8.00. The Labute approximate surface area is 105 Å². The Morgan fingerprint density at radius 2 is 2.29 bits per heavy atom. The minimum atomic E-state index is -1.09. The molecule has 0 atom stereocenters. The number of pyridine rings is 1. The first kappa shape index (κ1) is 13.7. The number of carbonyl (C=O) groups is 1. The molecule has 0 aliphatic carbocycles. The summed E-state index contributed by atoms with van der Waals surface area (Å²) in [5, 5.41) is 8.97. The van der Waals surface area contributed by atoms with Crippen LogP contribution in [0, 0.1) is 0 Å². The lowest BCUT2D eigenvalue weighted by Crippen LogP contribution is -2.15. The summed E-state index contributed by atoms with van der Waals surface area (Å²) in [6.07, 6.45) is 2.13. The van der Waals surface area contributed by atoms with Gasteiger partial charge in [-0.15, -0.1) is 0 Å². The first-order valence-corrected chi connectivity index (χ1v) is 5.55. The van der Waals surface area contributed by atoms with Crippen LogP contribution < -0.4 is 4.74 Å². The van der Waals surface area contributed by atoms with Crippen molar-refractivity contribution in [2.45, 2.75) is 6.42 Å². The Hall–Kier alpha value is -1.33. The van der Waals surface area contributed by atoms with Gasteiger partial charge in [-0.05, 0) is 20.5 Å². The molecule has 1 aromatic heterocycles. The molecule has 0 saturated carbocycles. The lowest BCUT2D eigenvalue weighted by Gasteiger charge is -2.10. The van der Waals surface area contributed by atoms with Crippen LogP contribution in [0.3, 0.4) is 0 Å². The predicted octanol–water partition coefficient (Wildman–Crippen LogP) is 1.76. The molecule has 0 unspecified atom stereocenters. The smallest absolute Gasteiger partial charge is 0.337 e. The maximum Gasteiger partial charge on any atom is 0.337 e. The molecule has 1 N–H and O–H groups in total. The highest BCUT2D eigenvalue weighted by Crippen LogP contribution is 2.19. The van der Waals surface area contributed by atoms with Crippen LogP contribution in [0.4, 0.5) is 0 Å². The van der Waals surface area contributed by atoms with E-state index in [1.807, 2.05) is 19.0 Å². The number of rotatable bonds is 6. The maximum absolute atomic E-state index is 10.8. The molecule has 1 rings (SSSR count). The molecule has 0 spiro atoms. The highest BCUT2D eigenvalue weighted by Gasteiger charge is 2.10. The summed E-state index contributed by atoms with van der Waals surface area (Å²) in [5.41, 5.74) is 0.00396. The van der Waals surface area contributed by atoms with Gasteiger partial charge in [-0.3, -0.25) is 0 Å². The van der Waals surface area contributed by atoms with Gasteiger partial charge in [0, 0.05) is 12.6 Å². The van der Waals surface area contributed by atoms with Crippen LogP contribution >= 0.6 is 11.6 Å². The Morgan fingerprint density at radius 1 is 1.59 bits per heavy atom. The standard InChI is InChI=1S/C11H15ClN2O3/c1-14(2)4-3-5-17-10-6-8(11(15)16)9(12)7-13-10/h6-7H,3-5H2,1-2H3,(H,15,16). The lowest BCUT2D eigenvalue weighted by atomic mass is 10.3. The van der Waals surface area contributed by atoms with Crippen LogP contribution in [0.5, 0.6) is 5.88 Å². The fourth-order valence-electron chi connectivity index (χ4n) is 1.22. The van der Waals surface area contributed by atoms with Gasteiger partial charge in [0.25, 0.3) is 0 Å². The highest BCUT2D eigenvalue weighted by molar-refractivity contribution is 6.33. The Kier molecular flexibility index (Phi) is 5.18. The third-order valence-corrected chi connectivity index (χ3v) is 2.36. The van der Waals surface area contributed by atoms with Gasteiger partial charge in [0.1, 0.15) is 0 Å². The second-order valence-electron chi connectivity index (χ2n) is 3.81. The average Bonchev–Trinajstić information content (AvgIpc) is 2.25. The minimum Gasteiger partial charge on any atom is -0.478 e. The summed E-state index contributed by atoms with van der Waals surface area (Å²) in [6, 6.07) is 1.33.